The van der Waals surface area contributed by atoms with Crippen molar-refractivity contribution in [3.8, 4) is 0 Å². The molecule has 2 amide bonds. The molecule has 3 heterocycles. The van der Waals surface area contributed by atoms with E-state index < -0.39 is 18.1 Å². The fraction of sp³-hybridized carbons (Fsp3) is 0.233. The Kier molecular flexibility index (Phi) is 5.75. The van der Waals surface area contributed by atoms with Gasteiger partial charge < -0.3 is 19.5 Å². The second kappa shape index (κ2) is 9.24. The van der Waals surface area contributed by atoms with Gasteiger partial charge in [0.2, 0.25) is 11.8 Å². The molecule has 37 heavy (non-hydrogen) atoms. The molecule has 2 aliphatic rings. The van der Waals surface area contributed by atoms with Crippen LogP contribution in [0.5, 0.6) is 0 Å². The average Bonchev–Trinajstić information content (AvgIpc) is 3.31. The quantitative estimate of drug-likeness (QED) is 0.428. The second-order valence-electron chi connectivity index (χ2n) is 9.60. The lowest BCUT2D eigenvalue weighted by atomic mass is 9.86. The minimum absolute atomic E-state index is 0.0253. The number of aromatic nitrogens is 1. The second-order valence-corrected chi connectivity index (χ2v) is 9.60. The van der Waals surface area contributed by atoms with Gasteiger partial charge >= 0.3 is 5.97 Å². The van der Waals surface area contributed by atoms with Crippen LogP contribution in [-0.4, -0.2) is 58.8 Å². The summed E-state index contributed by atoms with van der Waals surface area (Å²) in [7, 11) is 1.35. The first-order valence-corrected chi connectivity index (χ1v) is 12.5. The van der Waals surface area contributed by atoms with Gasteiger partial charge in [-0.05, 0) is 41.3 Å². The van der Waals surface area contributed by atoms with Crippen LogP contribution in [0.2, 0.25) is 0 Å². The Labute approximate surface area is 214 Å². The van der Waals surface area contributed by atoms with Crippen molar-refractivity contribution in [1.29, 1.82) is 0 Å². The highest BCUT2D eigenvalue weighted by Crippen LogP contribution is 2.42. The molecule has 6 rings (SSSR count). The van der Waals surface area contributed by atoms with Crippen molar-refractivity contribution < 1.29 is 19.1 Å². The van der Waals surface area contributed by atoms with E-state index in [-0.39, 0.29) is 18.4 Å². The number of fused-ring (bicyclic) bond motifs is 4. The molecule has 0 spiro atoms. The van der Waals surface area contributed by atoms with E-state index in [1.165, 1.54) is 7.11 Å². The van der Waals surface area contributed by atoms with Crippen molar-refractivity contribution in [2.24, 2.45) is 0 Å². The number of benzene rings is 3. The number of carbonyl (C=O) groups is 3. The van der Waals surface area contributed by atoms with Gasteiger partial charge in [0.05, 0.1) is 25.3 Å². The molecule has 0 bridgehead atoms. The van der Waals surface area contributed by atoms with Crippen molar-refractivity contribution in [2.45, 2.75) is 24.9 Å². The highest BCUT2D eigenvalue weighted by Gasteiger charge is 2.48. The molecule has 0 saturated carbocycles. The molecule has 1 N–H and O–H groups in total. The number of para-hydroxylation sites is 1. The van der Waals surface area contributed by atoms with E-state index in [2.05, 4.69) is 11.1 Å². The molecule has 1 saturated heterocycles. The number of piperazine rings is 1. The summed E-state index contributed by atoms with van der Waals surface area (Å²) in [5, 5.41) is 1.06. The van der Waals surface area contributed by atoms with E-state index in [9.17, 15) is 14.4 Å². The normalized spacial score (nSPS) is 19.1. The summed E-state index contributed by atoms with van der Waals surface area (Å²) in [6.45, 7) is 0.548. The minimum Gasteiger partial charge on any atom is -0.465 e. The number of nitrogens with one attached hydrogen (secondary N) is 1. The maximum Gasteiger partial charge on any atom is 0.337 e. The number of aromatic amines is 1. The Morgan fingerprint density at radius 1 is 0.973 bits per heavy atom. The Balaban J connectivity index is 1.39. The van der Waals surface area contributed by atoms with Gasteiger partial charge in [0, 0.05) is 29.6 Å². The predicted octanol–water partition coefficient (Wildman–Crippen LogP) is 3.88. The summed E-state index contributed by atoms with van der Waals surface area (Å²) in [6, 6.07) is 24.1. The molecule has 0 radical (unpaired) electrons. The van der Waals surface area contributed by atoms with Crippen molar-refractivity contribution >= 4 is 28.7 Å². The van der Waals surface area contributed by atoms with Crippen LogP contribution in [-0.2, 0) is 27.2 Å². The van der Waals surface area contributed by atoms with Gasteiger partial charge in [-0.2, -0.15) is 0 Å². The number of methoxy groups -OCH3 is 1. The number of hydrogen-bond donors (Lipinski definition) is 1. The molecule has 7 nitrogen and oxygen atoms in total. The average molecular weight is 494 g/mol. The first-order valence-electron chi connectivity index (χ1n) is 12.5. The van der Waals surface area contributed by atoms with E-state index in [0.29, 0.717) is 24.9 Å². The van der Waals surface area contributed by atoms with Gasteiger partial charge in [-0.3, -0.25) is 9.59 Å². The Morgan fingerprint density at radius 2 is 1.70 bits per heavy atom. The summed E-state index contributed by atoms with van der Waals surface area (Å²) in [5.41, 5.74) is 5.36. The summed E-state index contributed by atoms with van der Waals surface area (Å²) < 4.78 is 4.84. The van der Waals surface area contributed by atoms with Gasteiger partial charge in [0.15, 0.2) is 0 Å². The van der Waals surface area contributed by atoms with E-state index in [0.717, 1.165) is 33.3 Å². The molecule has 7 heteroatoms. The van der Waals surface area contributed by atoms with E-state index >= 15 is 0 Å². The number of amides is 2. The van der Waals surface area contributed by atoms with Crippen molar-refractivity contribution in [1.82, 2.24) is 14.8 Å². The van der Waals surface area contributed by atoms with E-state index in [1.807, 2.05) is 60.7 Å². The highest BCUT2D eigenvalue weighted by atomic mass is 16.5. The molecule has 1 fully saturated rings. The smallest absolute Gasteiger partial charge is 0.337 e. The van der Waals surface area contributed by atoms with Gasteiger partial charge in [0.1, 0.15) is 6.04 Å². The Morgan fingerprint density at radius 3 is 2.46 bits per heavy atom. The third-order valence-corrected chi connectivity index (χ3v) is 7.50. The predicted molar refractivity (Wildman–Crippen MR) is 139 cm³/mol. The third-order valence-electron chi connectivity index (χ3n) is 7.50. The monoisotopic (exact) mass is 493 g/mol. The molecule has 3 aromatic carbocycles. The largest absolute Gasteiger partial charge is 0.465 e. The van der Waals surface area contributed by atoms with Crippen molar-refractivity contribution in [2.75, 3.05) is 20.2 Å². The fourth-order valence-corrected chi connectivity index (χ4v) is 5.69. The van der Waals surface area contributed by atoms with Crippen LogP contribution in [0.3, 0.4) is 0 Å². The van der Waals surface area contributed by atoms with Gasteiger partial charge in [0.25, 0.3) is 0 Å². The van der Waals surface area contributed by atoms with Gasteiger partial charge in [-0.1, -0.05) is 60.7 Å². The maximum atomic E-state index is 13.8. The van der Waals surface area contributed by atoms with Crippen LogP contribution < -0.4 is 0 Å². The molecular formula is C30H27N3O4. The molecule has 2 atom stereocenters. The number of nitrogens with zero attached hydrogens (tertiary/aromatic N) is 2. The van der Waals surface area contributed by atoms with Crippen LogP contribution in [0.15, 0.2) is 78.9 Å². The van der Waals surface area contributed by atoms with Crippen molar-refractivity contribution in [3.05, 3.63) is 107 Å². The topological polar surface area (TPSA) is 82.7 Å². The fourth-order valence-electron chi connectivity index (χ4n) is 5.69. The van der Waals surface area contributed by atoms with Gasteiger partial charge in [-0.15, -0.1) is 0 Å². The molecule has 0 aliphatic carbocycles. The Hall–Kier alpha value is -4.39. The molecule has 1 aromatic heterocycles. The first kappa shape index (κ1) is 23.0. The van der Waals surface area contributed by atoms with E-state index in [1.54, 1.807) is 21.9 Å². The van der Waals surface area contributed by atoms with Gasteiger partial charge in [-0.25, -0.2) is 4.79 Å². The molecule has 2 aliphatic heterocycles. The first-order chi connectivity index (χ1) is 18.0. The molecule has 186 valence electrons. The number of H-pyrrole nitrogens is 1. The zero-order valence-electron chi connectivity index (χ0n) is 20.5. The van der Waals surface area contributed by atoms with Crippen LogP contribution in [0.25, 0.3) is 10.9 Å². The van der Waals surface area contributed by atoms with Crippen LogP contribution in [0.1, 0.15) is 38.8 Å². The van der Waals surface area contributed by atoms with Crippen LogP contribution in [0, 0.1) is 0 Å². The van der Waals surface area contributed by atoms with E-state index in [4.69, 9.17) is 4.74 Å². The molecular weight excluding hydrogens is 466 g/mol. The highest BCUT2D eigenvalue weighted by molar-refractivity contribution is 5.97. The lowest BCUT2D eigenvalue weighted by Gasteiger charge is -2.47. The summed E-state index contributed by atoms with van der Waals surface area (Å²) in [4.78, 5) is 46.5. The third kappa shape index (κ3) is 3.96. The SMILES string of the molecule is COC(=O)c1ccc(C2c3[nH]c4ccccc4c3C[C@@H]3C(=O)N(CCc4ccccc4)CC(=O)N23)cc1. The zero-order chi connectivity index (χ0) is 25.5. The number of esters is 1. The molecule has 4 aromatic rings. The summed E-state index contributed by atoms with van der Waals surface area (Å²) >= 11 is 0. The van der Waals surface area contributed by atoms with Crippen LogP contribution >= 0.6 is 0 Å². The minimum atomic E-state index is -0.589. The summed E-state index contributed by atoms with van der Waals surface area (Å²) in [6.07, 6.45) is 1.16. The number of rotatable bonds is 5. The number of carbonyl (C=O) groups excluding carboxylic acids is 3. The zero-order valence-corrected chi connectivity index (χ0v) is 20.5. The summed E-state index contributed by atoms with van der Waals surface area (Å²) in [5.74, 6) is -0.524. The molecule has 1 unspecified atom stereocenters. The number of hydrogen-bond acceptors (Lipinski definition) is 4. The Bertz CT molecular complexity index is 1490. The maximum absolute atomic E-state index is 13.8. The van der Waals surface area contributed by atoms with Crippen molar-refractivity contribution in [3.63, 3.8) is 0 Å². The lowest BCUT2D eigenvalue weighted by Crippen LogP contribution is -2.63. The lowest BCUT2D eigenvalue weighted by molar-refractivity contribution is -0.158. The van der Waals surface area contributed by atoms with Crippen LogP contribution in [0.4, 0.5) is 0 Å². The standard InChI is InChI=1S/C30H27N3O4/c1-37-30(36)21-13-11-20(12-14-21)28-27-23(22-9-5-6-10-24(22)31-27)17-25-29(35)32(18-26(34)33(25)28)16-15-19-7-3-2-4-8-19/h2-14,25,28,31H,15-18H2,1H3/t25-,28?/m1/s1. The number of ether oxygens (including phenoxy) is 1.